The zero-order valence-corrected chi connectivity index (χ0v) is 14.1. The standard InChI is InChI=1S/C18H23O4P/c1-4-16-12-17(5-2)22-23(19,21-16)18(6-3)14-20-13-15-10-8-7-9-11-15/h4-11,16-18H,1-3,12-14H2/t16-,17-,18+/m1/s1. The van der Waals surface area contributed by atoms with Gasteiger partial charge < -0.3 is 9.63 Å². The van der Waals surface area contributed by atoms with Gasteiger partial charge in [-0.3, -0.25) is 0 Å². The van der Waals surface area contributed by atoms with Gasteiger partial charge >= 0.3 is 0 Å². The van der Waals surface area contributed by atoms with Crippen molar-refractivity contribution < 1.29 is 18.7 Å². The topological polar surface area (TPSA) is 50.8 Å². The molecular weight excluding hydrogens is 311 g/mol. The Kier molecular flexibility index (Phi) is 6.70. The fraction of sp³-hybridized carbons (Fsp3) is 0.333. The van der Waals surface area contributed by atoms with Gasteiger partial charge in [0.1, 0.15) is 12.2 Å². The van der Waals surface area contributed by atoms with E-state index < -0.39 is 13.6 Å². The fourth-order valence-electron chi connectivity index (χ4n) is 2.31. The summed E-state index contributed by atoms with van der Waals surface area (Å²) < 4.78 is 16.9. The lowest BCUT2D eigenvalue weighted by Crippen LogP contribution is -2.39. The predicted molar refractivity (Wildman–Crippen MR) is 91.8 cm³/mol. The van der Waals surface area contributed by atoms with E-state index in [1.54, 1.807) is 18.2 Å². The van der Waals surface area contributed by atoms with Crippen molar-refractivity contribution in [3.63, 3.8) is 0 Å². The van der Waals surface area contributed by atoms with E-state index in [2.05, 4.69) is 19.7 Å². The van der Waals surface area contributed by atoms with Crippen LogP contribution >= 0.6 is 7.94 Å². The monoisotopic (exact) mass is 334 g/mol. The molecule has 2 rings (SSSR count). The van der Waals surface area contributed by atoms with E-state index >= 15 is 0 Å². The van der Waals surface area contributed by atoms with E-state index in [1.165, 1.54) is 0 Å². The molecule has 1 aliphatic rings. The van der Waals surface area contributed by atoms with Crippen LogP contribution < -0.4 is 4.89 Å². The Labute approximate surface area is 138 Å². The molecule has 4 nitrogen and oxygen atoms in total. The normalized spacial score (nSPS) is 28.7. The summed E-state index contributed by atoms with van der Waals surface area (Å²) in [6.45, 7) is 11.8. The minimum atomic E-state index is -3.38. The van der Waals surface area contributed by atoms with Gasteiger partial charge in [0.25, 0.3) is 0 Å². The first-order valence-corrected chi connectivity index (χ1v) is 9.18. The molecule has 1 aliphatic heterocycles. The van der Waals surface area contributed by atoms with Gasteiger partial charge in [0.05, 0.1) is 13.2 Å². The molecular formula is C18H23O4P. The highest BCUT2D eigenvalue weighted by molar-refractivity contribution is 7.60. The largest absolute Gasteiger partial charge is 0.631 e. The summed E-state index contributed by atoms with van der Waals surface area (Å²) in [7, 11) is -3.38. The summed E-state index contributed by atoms with van der Waals surface area (Å²) in [5, 5.41) is 0. The number of ether oxygens (including phenoxy) is 1. The Morgan fingerprint density at radius 3 is 2.30 bits per heavy atom. The lowest BCUT2D eigenvalue weighted by atomic mass is 10.1. The van der Waals surface area contributed by atoms with Crippen molar-refractivity contribution in [2.45, 2.75) is 30.9 Å². The molecule has 0 aromatic heterocycles. The van der Waals surface area contributed by atoms with Crippen LogP contribution in [-0.2, 0) is 20.4 Å². The molecule has 1 aromatic carbocycles. The molecule has 0 aliphatic carbocycles. The van der Waals surface area contributed by atoms with Crippen LogP contribution in [0.2, 0.25) is 0 Å². The third kappa shape index (κ3) is 4.84. The van der Waals surface area contributed by atoms with Crippen LogP contribution in [0.5, 0.6) is 0 Å². The van der Waals surface area contributed by atoms with Crippen LogP contribution in [0.15, 0.2) is 68.3 Å². The molecule has 1 aromatic rings. The molecule has 0 amide bonds. The van der Waals surface area contributed by atoms with Gasteiger partial charge in [0.15, 0.2) is 5.66 Å². The summed E-state index contributed by atoms with van der Waals surface area (Å²) in [6.07, 6.45) is 4.75. The summed E-state index contributed by atoms with van der Waals surface area (Å²) in [5.41, 5.74) is 0.517. The maximum Gasteiger partial charge on any atom is 0.248 e. The molecule has 0 radical (unpaired) electrons. The molecule has 0 N–H and O–H groups in total. The average molecular weight is 334 g/mol. The van der Waals surface area contributed by atoms with E-state index in [0.29, 0.717) is 13.0 Å². The summed E-state index contributed by atoms with van der Waals surface area (Å²) in [4.78, 5) is 13.1. The minimum absolute atomic E-state index is 0.212. The van der Waals surface area contributed by atoms with Crippen LogP contribution in [0.1, 0.15) is 12.0 Å². The molecule has 23 heavy (non-hydrogen) atoms. The van der Waals surface area contributed by atoms with Crippen LogP contribution in [0.4, 0.5) is 0 Å². The Morgan fingerprint density at radius 1 is 1.17 bits per heavy atom. The summed E-state index contributed by atoms with van der Waals surface area (Å²) in [5.74, 6) is 0. The molecule has 0 spiro atoms. The Bertz CT molecular complexity index is 515. The van der Waals surface area contributed by atoms with E-state index in [4.69, 9.17) is 13.8 Å². The molecule has 0 saturated carbocycles. The molecule has 5 heteroatoms. The van der Waals surface area contributed by atoms with Gasteiger partial charge in [-0.15, -0.1) is 13.2 Å². The first-order chi connectivity index (χ1) is 11.1. The minimum Gasteiger partial charge on any atom is -0.631 e. The van der Waals surface area contributed by atoms with Gasteiger partial charge in [0.2, 0.25) is 7.94 Å². The Balaban J connectivity index is 1.98. The van der Waals surface area contributed by atoms with Gasteiger partial charge in [-0.05, 0) is 11.6 Å². The SMILES string of the molecule is C=C[C@@H]1C[C@@H](C=C)O[P+]([O-])([C@@H](C=C)COCc2ccccc2)O1. The first-order valence-electron chi connectivity index (χ1n) is 7.57. The van der Waals surface area contributed by atoms with Crippen molar-refractivity contribution in [3.05, 3.63) is 73.9 Å². The Morgan fingerprint density at radius 2 is 1.78 bits per heavy atom. The highest BCUT2D eigenvalue weighted by atomic mass is 31.2. The van der Waals surface area contributed by atoms with Gasteiger partial charge in [-0.25, -0.2) is 9.05 Å². The van der Waals surface area contributed by atoms with Crippen LogP contribution in [0.25, 0.3) is 0 Å². The van der Waals surface area contributed by atoms with Crippen molar-refractivity contribution in [1.29, 1.82) is 0 Å². The molecule has 1 heterocycles. The lowest BCUT2D eigenvalue weighted by molar-refractivity contribution is -0.235. The number of rotatable bonds is 8. The van der Waals surface area contributed by atoms with Gasteiger partial charge in [-0.2, -0.15) is 0 Å². The van der Waals surface area contributed by atoms with E-state index in [9.17, 15) is 4.89 Å². The molecule has 1 saturated heterocycles. The highest BCUT2D eigenvalue weighted by Crippen LogP contribution is 2.62. The highest BCUT2D eigenvalue weighted by Gasteiger charge is 2.47. The van der Waals surface area contributed by atoms with Crippen molar-refractivity contribution >= 4 is 7.94 Å². The van der Waals surface area contributed by atoms with Crippen LogP contribution in [-0.4, -0.2) is 24.5 Å². The van der Waals surface area contributed by atoms with Crippen LogP contribution in [0, 0.1) is 0 Å². The average Bonchev–Trinajstić information content (AvgIpc) is 2.58. The second kappa shape index (κ2) is 8.53. The molecule has 0 bridgehead atoms. The molecule has 3 atom stereocenters. The van der Waals surface area contributed by atoms with Gasteiger partial charge in [-0.1, -0.05) is 49.1 Å². The smallest absolute Gasteiger partial charge is 0.248 e. The Hall–Kier alpha value is -1.29. The second-order valence-corrected chi connectivity index (χ2v) is 7.50. The third-order valence-corrected chi connectivity index (χ3v) is 5.93. The molecule has 1 fully saturated rings. The lowest BCUT2D eigenvalue weighted by Gasteiger charge is -2.40. The van der Waals surface area contributed by atoms with E-state index in [1.807, 2.05) is 30.3 Å². The van der Waals surface area contributed by atoms with Crippen molar-refractivity contribution in [3.8, 4) is 0 Å². The van der Waals surface area contributed by atoms with Crippen LogP contribution in [0.3, 0.4) is 0 Å². The zero-order valence-electron chi connectivity index (χ0n) is 13.2. The maximum absolute atomic E-state index is 13.1. The van der Waals surface area contributed by atoms with Crippen molar-refractivity contribution in [2.75, 3.05) is 6.61 Å². The maximum atomic E-state index is 13.1. The number of hydrogen-bond donors (Lipinski definition) is 0. The van der Waals surface area contributed by atoms with Crippen molar-refractivity contribution in [1.82, 2.24) is 0 Å². The van der Waals surface area contributed by atoms with E-state index in [0.717, 1.165) is 5.56 Å². The first kappa shape index (κ1) is 18.1. The summed E-state index contributed by atoms with van der Waals surface area (Å²) >= 11 is 0. The third-order valence-electron chi connectivity index (χ3n) is 3.63. The quantitative estimate of drug-likeness (QED) is 0.540. The molecule has 0 unspecified atom stereocenters. The van der Waals surface area contributed by atoms with Crippen molar-refractivity contribution in [2.24, 2.45) is 0 Å². The number of benzene rings is 1. The summed E-state index contributed by atoms with van der Waals surface area (Å²) in [6, 6.07) is 9.79. The van der Waals surface area contributed by atoms with Gasteiger partial charge in [0, 0.05) is 6.42 Å². The fourth-order valence-corrected chi connectivity index (χ4v) is 4.32. The number of hydrogen-bond acceptors (Lipinski definition) is 4. The second-order valence-electron chi connectivity index (χ2n) is 5.34. The van der Waals surface area contributed by atoms with E-state index in [-0.39, 0.29) is 18.8 Å². The predicted octanol–water partition coefficient (Wildman–Crippen LogP) is 3.43. The zero-order chi connectivity index (χ0) is 16.7. The molecule has 124 valence electrons.